The number of aliphatic hydroxyl groups excluding tert-OH is 2. The van der Waals surface area contributed by atoms with Crippen LogP contribution < -0.4 is 0 Å². The maximum atomic E-state index is 8.58. The molecule has 2 N–H and O–H groups in total. The van der Waals surface area contributed by atoms with Gasteiger partial charge in [0.05, 0.1) is 0 Å². The van der Waals surface area contributed by atoms with Gasteiger partial charge in [-0.15, -0.1) is 0 Å². The van der Waals surface area contributed by atoms with E-state index in [2.05, 4.69) is 13.3 Å². The van der Waals surface area contributed by atoms with Crippen molar-refractivity contribution in [3.8, 4) is 0 Å². The molecule has 0 amide bonds. The summed E-state index contributed by atoms with van der Waals surface area (Å²) in [6, 6.07) is 0. The Morgan fingerprint density at radius 1 is 1.00 bits per heavy atom. The molecular formula is C6H17O2P. The molecule has 0 aliphatic heterocycles. The van der Waals surface area contributed by atoms with E-state index in [4.69, 9.17) is 10.2 Å². The molecule has 0 fully saturated rings. The molecule has 2 nitrogen and oxygen atoms in total. The van der Waals surface area contributed by atoms with E-state index in [0.29, 0.717) is 0 Å². The molecule has 0 aromatic heterocycles. The van der Waals surface area contributed by atoms with Crippen LogP contribution in [0, 0.1) is 0 Å². The van der Waals surface area contributed by atoms with E-state index in [-0.39, 0.29) is 13.2 Å². The van der Waals surface area contributed by atoms with Crippen LogP contribution >= 0.6 is 7.26 Å². The van der Waals surface area contributed by atoms with Crippen molar-refractivity contribution in [1.82, 2.24) is 0 Å². The van der Waals surface area contributed by atoms with Gasteiger partial charge in [0.1, 0.15) is 0 Å². The van der Waals surface area contributed by atoms with Gasteiger partial charge in [-0.2, -0.15) is 0 Å². The van der Waals surface area contributed by atoms with Crippen LogP contribution in [-0.4, -0.2) is 49.1 Å². The first-order chi connectivity index (χ1) is 4.12. The van der Waals surface area contributed by atoms with Crippen molar-refractivity contribution < 1.29 is 10.2 Å². The van der Waals surface area contributed by atoms with Gasteiger partial charge in [-0.05, 0) is 0 Å². The average molecular weight is 152 g/mol. The predicted molar refractivity (Wildman–Crippen MR) is 44.1 cm³/mol. The Labute approximate surface area is 57.2 Å². The second-order valence-electron chi connectivity index (χ2n) is 3.11. The first-order valence-electron chi connectivity index (χ1n) is 3.34. The summed E-state index contributed by atoms with van der Waals surface area (Å²) in [6.45, 7) is 4.91. The van der Waals surface area contributed by atoms with E-state index in [9.17, 15) is 0 Å². The summed E-state index contributed by atoms with van der Waals surface area (Å²) in [5.74, 6) is 0. The second kappa shape index (κ2) is 4.21. The van der Waals surface area contributed by atoms with Crippen LogP contribution in [0.5, 0.6) is 0 Å². The molecule has 0 unspecified atom stereocenters. The molecule has 58 valence electrons. The van der Waals surface area contributed by atoms with Crippen LogP contribution in [-0.2, 0) is 0 Å². The van der Waals surface area contributed by atoms with Gasteiger partial charge in [-0.3, -0.25) is 0 Å². The fourth-order valence-corrected chi connectivity index (χ4v) is 2.19. The molecule has 0 bridgehead atoms. The van der Waals surface area contributed by atoms with Gasteiger partial charge in [0.2, 0.25) is 0 Å². The summed E-state index contributed by atoms with van der Waals surface area (Å²) >= 11 is 0. The summed E-state index contributed by atoms with van der Waals surface area (Å²) < 4.78 is 0. The first-order valence-corrected chi connectivity index (χ1v) is 6.75. The molecule has 0 radical (unpaired) electrons. The zero-order valence-electron chi connectivity index (χ0n) is 6.22. The van der Waals surface area contributed by atoms with E-state index >= 15 is 0 Å². The fourth-order valence-electron chi connectivity index (χ4n) is 0.730. The Balaban J connectivity index is 3.43. The molecule has 0 rings (SSSR count). The summed E-state index contributed by atoms with van der Waals surface area (Å²) in [7, 11) is -1.20. The van der Waals surface area contributed by atoms with Crippen LogP contribution in [0.3, 0.4) is 0 Å². The van der Waals surface area contributed by atoms with Gasteiger partial charge < -0.3 is 0 Å². The number of rotatable bonds is 4. The third-order valence-electron chi connectivity index (χ3n) is 1.58. The Hall–Kier alpha value is 0.350. The number of aliphatic hydroxyl groups is 2. The van der Waals surface area contributed by atoms with Gasteiger partial charge in [0.15, 0.2) is 0 Å². The van der Waals surface area contributed by atoms with Crippen molar-refractivity contribution in [2.75, 3.05) is 38.9 Å². The van der Waals surface area contributed by atoms with Crippen LogP contribution in [0.25, 0.3) is 0 Å². The molecule has 0 aliphatic carbocycles. The van der Waals surface area contributed by atoms with Gasteiger partial charge >= 0.3 is 56.3 Å². The molecule has 0 aromatic carbocycles. The van der Waals surface area contributed by atoms with E-state index in [0.717, 1.165) is 12.3 Å². The van der Waals surface area contributed by atoms with Gasteiger partial charge in [0.25, 0.3) is 0 Å². The predicted octanol–water partition coefficient (Wildman–Crippen LogP) is -0.0195. The zero-order valence-corrected chi connectivity index (χ0v) is 7.22. The van der Waals surface area contributed by atoms with Gasteiger partial charge in [0, 0.05) is 0 Å². The summed E-state index contributed by atoms with van der Waals surface area (Å²) in [4.78, 5) is 0. The molecule has 3 heteroatoms. The van der Waals surface area contributed by atoms with Crippen molar-refractivity contribution >= 4 is 7.26 Å². The van der Waals surface area contributed by atoms with Gasteiger partial charge in [-0.25, -0.2) is 0 Å². The summed E-state index contributed by atoms with van der Waals surface area (Å²) in [5.41, 5.74) is 0. The molecule has 0 aliphatic rings. The van der Waals surface area contributed by atoms with Crippen LogP contribution in [0.4, 0.5) is 0 Å². The zero-order chi connectivity index (χ0) is 7.33. The van der Waals surface area contributed by atoms with E-state index in [1.54, 1.807) is 0 Å². The van der Waals surface area contributed by atoms with Crippen LogP contribution in [0.15, 0.2) is 0 Å². The number of hydrogen-bond donors (Lipinski definition) is 2. The van der Waals surface area contributed by atoms with Crippen molar-refractivity contribution in [2.24, 2.45) is 0 Å². The second-order valence-corrected chi connectivity index (χ2v) is 8.44. The average Bonchev–Trinajstić information content (AvgIpc) is 1.64. The summed E-state index contributed by atoms with van der Waals surface area (Å²) in [6.07, 6.45) is 1.82. The normalized spacial score (nSPS) is 13.8. The molecule has 0 saturated carbocycles. The Morgan fingerprint density at radius 3 is 1.56 bits per heavy atom. The van der Waals surface area contributed by atoms with Crippen molar-refractivity contribution in [3.05, 3.63) is 0 Å². The fraction of sp³-hybridized carbons (Fsp3) is 1.00. The van der Waals surface area contributed by atoms with Crippen LogP contribution in [0.2, 0.25) is 0 Å². The molecule has 0 spiro atoms. The minimum atomic E-state index is -1.20. The SMILES string of the molecule is C[PH](C)(CCO)CCO. The first kappa shape index (κ1) is 9.35. The maximum absolute atomic E-state index is 8.58. The quantitative estimate of drug-likeness (QED) is 0.556. The molecule has 0 heterocycles. The van der Waals surface area contributed by atoms with E-state index < -0.39 is 7.26 Å². The number of hydrogen-bond acceptors (Lipinski definition) is 2. The topological polar surface area (TPSA) is 40.5 Å². The molecular weight excluding hydrogens is 135 g/mol. The van der Waals surface area contributed by atoms with E-state index in [1.807, 2.05) is 0 Å². The van der Waals surface area contributed by atoms with Crippen LogP contribution in [0.1, 0.15) is 0 Å². The van der Waals surface area contributed by atoms with Crippen molar-refractivity contribution in [3.63, 3.8) is 0 Å². The molecule has 0 aromatic rings. The van der Waals surface area contributed by atoms with E-state index in [1.165, 1.54) is 0 Å². The standard InChI is InChI=1S/C6H17O2P/c1-9(2,5-3-7)6-4-8/h7-9H,3-6H2,1-2H3. The third-order valence-corrected chi connectivity index (χ3v) is 4.73. The van der Waals surface area contributed by atoms with Crippen molar-refractivity contribution in [1.29, 1.82) is 0 Å². The summed E-state index contributed by atoms with van der Waals surface area (Å²) in [5, 5.41) is 17.2. The Kier molecular flexibility index (Phi) is 4.37. The van der Waals surface area contributed by atoms with Gasteiger partial charge in [-0.1, -0.05) is 0 Å². The third kappa shape index (κ3) is 4.83. The van der Waals surface area contributed by atoms with Crippen molar-refractivity contribution in [2.45, 2.75) is 0 Å². The monoisotopic (exact) mass is 152 g/mol. The Bertz CT molecular complexity index is 65.5. The molecule has 9 heavy (non-hydrogen) atoms. The Morgan fingerprint density at radius 2 is 1.33 bits per heavy atom. The molecule has 0 atom stereocenters. The molecule has 0 saturated heterocycles. The minimum absolute atomic E-state index is 0.277.